The zero-order valence-electron chi connectivity index (χ0n) is 19.4. The molecule has 3 atom stereocenters. The maximum atomic E-state index is 13.1. The number of ether oxygens (including phenoxy) is 2. The lowest BCUT2D eigenvalue weighted by molar-refractivity contribution is -0.125. The molecule has 1 aliphatic carbocycles. The van der Waals surface area contributed by atoms with E-state index in [1.807, 2.05) is 64.3 Å². The number of rotatable bonds is 4. The maximum Gasteiger partial charge on any atom is 0.410 e. The van der Waals surface area contributed by atoms with Gasteiger partial charge < -0.3 is 24.1 Å². The molecule has 2 aliphatic rings. The topological polar surface area (TPSA) is 85.2 Å². The van der Waals surface area contributed by atoms with Crippen molar-refractivity contribution in [3.63, 3.8) is 0 Å². The number of amides is 2. The number of carbonyl (C=O) groups is 2. The van der Waals surface area contributed by atoms with Crippen LogP contribution in [0.15, 0.2) is 18.3 Å². The number of hydrogen-bond donors (Lipinski definition) is 1. The van der Waals surface area contributed by atoms with E-state index in [9.17, 15) is 9.59 Å². The lowest BCUT2D eigenvalue weighted by Crippen LogP contribution is -2.45. The second kappa shape index (κ2) is 7.14. The first-order valence-corrected chi connectivity index (χ1v) is 10.7. The van der Waals surface area contributed by atoms with Gasteiger partial charge in [-0.2, -0.15) is 0 Å². The summed E-state index contributed by atoms with van der Waals surface area (Å²) in [4.78, 5) is 31.8. The Morgan fingerprint density at radius 1 is 1.16 bits per heavy atom. The molecule has 2 aromatic rings. The van der Waals surface area contributed by atoms with Gasteiger partial charge in [-0.25, -0.2) is 9.78 Å². The summed E-state index contributed by atoms with van der Waals surface area (Å²) in [5, 5.41) is 3.19. The number of pyridine rings is 1. The van der Waals surface area contributed by atoms with E-state index in [0.29, 0.717) is 13.1 Å². The Bertz CT molecular complexity index is 1020. The summed E-state index contributed by atoms with van der Waals surface area (Å²) in [5.74, 6) is 1.90. The minimum absolute atomic E-state index is 0.0201. The van der Waals surface area contributed by atoms with Gasteiger partial charge in [0.15, 0.2) is 0 Å². The van der Waals surface area contributed by atoms with Gasteiger partial charge in [-0.05, 0) is 59.4 Å². The van der Waals surface area contributed by atoms with Gasteiger partial charge >= 0.3 is 6.09 Å². The van der Waals surface area contributed by atoms with Crippen LogP contribution in [0, 0.1) is 24.7 Å². The molecule has 1 aliphatic heterocycles. The molecule has 31 heavy (non-hydrogen) atoms. The molecule has 1 saturated heterocycles. The van der Waals surface area contributed by atoms with Crippen molar-refractivity contribution in [2.75, 3.05) is 20.2 Å². The second-order valence-corrected chi connectivity index (χ2v) is 10.2. The third-order valence-electron chi connectivity index (χ3n) is 6.18. The number of likely N-dealkylation sites (tertiary alicyclic amines) is 1. The van der Waals surface area contributed by atoms with Crippen LogP contribution in [0.3, 0.4) is 0 Å². The molecule has 2 amide bonds. The fourth-order valence-corrected chi connectivity index (χ4v) is 4.62. The fourth-order valence-electron chi connectivity index (χ4n) is 4.62. The number of hydrogen-bond acceptors (Lipinski definition) is 5. The summed E-state index contributed by atoms with van der Waals surface area (Å²) in [6.45, 7) is 12.6. The Kier molecular flexibility index (Phi) is 4.94. The molecule has 0 unspecified atom stereocenters. The van der Waals surface area contributed by atoms with Gasteiger partial charge in [0, 0.05) is 31.3 Å². The standard InChI is InChI=1S/C23H32N4O4/c1-13-17-10-14(30-7)8-9-27(17)20(24-13)23(5,6)25-19(28)18-15-11-26(12-16(15)18)21(29)31-22(2,3)4/h8-10,15-16,18H,11-12H2,1-7H3,(H,25,28)/t15-,16+,18+. The van der Waals surface area contributed by atoms with Crippen LogP contribution in [0.2, 0.25) is 0 Å². The Hall–Kier alpha value is -2.77. The number of carbonyl (C=O) groups excluding carboxylic acids is 2. The Labute approximate surface area is 182 Å². The predicted molar refractivity (Wildman–Crippen MR) is 116 cm³/mol. The van der Waals surface area contributed by atoms with E-state index in [1.54, 1.807) is 12.0 Å². The normalized spacial score (nSPS) is 22.9. The molecule has 4 rings (SSSR count). The Morgan fingerprint density at radius 2 is 1.81 bits per heavy atom. The number of nitrogens with zero attached hydrogens (tertiary/aromatic N) is 3. The van der Waals surface area contributed by atoms with Crippen LogP contribution in [0.1, 0.15) is 46.1 Å². The average molecular weight is 429 g/mol. The number of aromatic nitrogens is 2. The quantitative estimate of drug-likeness (QED) is 0.809. The highest BCUT2D eigenvalue weighted by Gasteiger charge is 2.61. The lowest BCUT2D eigenvalue weighted by Gasteiger charge is -2.27. The van der Waals surface area contributed by atoms with E-state index in [-0.39, 0.29) is 29.8 Å². The Morgan fingerprint density at radius 3 is 2.39 bits per heavy atom. The van der Waals surface area contributed by atoms with Gasteiger partial charge in [-0.1, -0.05) is 0 Å². The van der Waals surface area contributed by atoms with Crippen LogP contribution in [0.5, 0.6) is 5.75 Å². The number of piperidine rings is 1. The van der Waals surface area contributed by atoms with Crippen molar-refractivity contribution in [3.8, 4) is 5.75 Å². The fraction of sp³-hybridized carbons (Fsp3) is 0.609. The highest BCUT2D eigenvalue weighted by atomic mass is 16.6. The van der Waals surface area contributed by atoms with Crippen LogP contribution in [0.4, 0.5) is 4.79 Å². The Balaban J connectivity index is 1.42. The van der Waals surface area contributed by atoms with Gasteiger partial charge in [0.05, 0.1) is 23.9 Å². The van der Waals surface area contributed by atoms with E-state index in [2.05, 4.69) is 5.32 Å². The molecular weight excluding hydrogens is 396 g/mol. The van der Waals surface area contributed by atoms with Crippen LogP contribution in [-0.4, -0.2) is 52.1 Å². The summed E-state index contributed by atoms with van der Waals surface area (Å²) >= 11 is 0. The van der Waals surface area contributed by atoms with Crippen molar-refractivity contribution in [3.05, 3.63) is 29.8 Å². The average Bonchev–Trinajstić information content (AvgIpc) is 3.00. The SMILES string of the molecule is COc1ccn2c(C(C)(C)NC(=O)[C@H]3[C@@H]4CN(C(=O)OC(C)(C)C)C[C@@H]43)nc(C)c2c1. The first-order valence-electron chi connectivity index (χ1n) is 10.7. The maximum absolute atomic E-state index is 13.1. The van der Waals surface area contributed by atoms with E-state index in [0.717, 1.165) is 22.8 Å². The molecule has 0 radical (unpaired) electrons. The molecule has 3 heterocycles. The zero-order chi connectivity index (χ0) is 22.7. The molecule has 1 N–H and O–H groups in total. The van der Waals surface area contributed by atoms with Crippen LogP contribution in [0.25, 0.3) is 5.52 Å². The highest BCUT2D eigenvalue weighted by molar-refractivity contribution is 5.84. The van der Waals surface area contributed by atoms with E-state index in [4.69, 9.17) is 14.5 Å². The van der Waals surface area contributed by atoms with Crippen LogP contribution < -0.4 is 10.1 Å². The molecule has 8 heteroatoms. The van der Waals surface area contributed by atoms with Crippen molar-refractivity contribution in [1.82, 2.24) is 19.6 Å². The van der Waals surface area contributed by atoms with Gasteiger partial charge in [0.1, 0.15) is 17.2 Å². The smallest absolute Gasteiger partial charge is 0.410 e. The number of imidazole rings is 1. The van der Waals surface area contributed by atoms with Crippen molar-refractivity contribution in [1.29, 1.82) is 0 Å². The summed E-state index contributed by atoms with van der Waals surface area (Å²) in [6, 6.07) is 3.83. The van der Waals surface area contributed by atoms with Gasteiger partial charge in [0.25, 0.3) is 0 Å². The lowest BCUT2D eigenvalue weighted by atomic mass is 10.0. The first kappa shape index (κ1) is 21.5. The minimum Gasteiger partial charge on any atom is -0.497 e. The number of fused-ring (bicyclic) bond motifs is 2. The second-order valence-electron chi connectivity index (χ2n) is 10.2. The highest BCUT2D eigenvalue weighted by Crippen LogP contribution is 2.52. The van der Waals surface area contributed by atoms with Gasteiger partial charge in [0.2, 0.25) is 5.91 Å². The summed E-state index contributed by atoms with van der Waals surface area (Å²) < 4.78 is 12.8. The van der Waals surface area contributed by atoms with Crippen LogP contribution in [-0.2, 0) is 15.1 Å². The molecule has 2 aromatic heterocycles. The summed E-state index contributed by atoms with van der Waals surface area (Å²) in [6.07, 6.45) is 1.62. The van der Waals surface area contributed by atoms with Crippen molar-refractivity contribution in [2.45, 2.75) is 52.7 Å². The third-order valence-corrected chi connectivity index (χ3v) is 6.18. The minimum atomic E-state index is -0.648. The molecule has 168 valence electrons. The van der Waals surface area contributed by atoms with E-state index >= 15 is 0 Å². The number of nitrogens with one attached hydrogen (secondary N) is 1. The van der Waals surface area contributed by atoms with Crippen molar-refractivity contribution in [2.24, 2.45) is 17.8 Å². The zero-order valence-corrected chi connectivity index (χ0v) is 19.4. The van der Waals surface area contributed by atoms with Crippen LogP contribution >= 0.6 is 0 Å². The predicted octanol–water partition coefficient (Wildman–Crippen LogP) is 3.12. The largest absolute Gasteiger partial charge is 0.497 e. The number of methoxy groups -OCH3 is 1. The molecular formula is C23H32N4O4. The first-order chi connectivity index (χ1) is 14.4. The number of aryl methyl sites for hydroxylation is 1. The van der Waals surface area contributed by atoms with E-state index < -0.39 is 11.1 Å². The molecule has 8 nitrogen and oxygen atoms in total. The van der Waals surface area contributed by atoms with Gasteiger partial charge in [-0.3, -0.25) is 4.79 Å². The molecule has 0 spiro atoms. The van der Waals surface area contributed by atoms with E-state index in [1.165, 1.54) is 0 Å². The third kappa shape index (κ3) is 3.95. The summed E-state index contributed by atoms with van der Waals surface area (Å²) in [5.41, 5.74) is 0.671. The molecule has 2 fully saturated rings. The monoisotopic (exact) mass is 428 g/mol. The molecule has 1 saturated carbocycles. The van der Waals surface area contributed by atoms with Crippen molar-refractivity contribution < 1.29 is 19.1 Å². The van der Waals surface area contributed by atoms with Crippen molar-refractivity contribution >= 4 is 17.5 Å². The molecule has 0 aromatic carbocycles. The summed E-state index contributed by atoms with van der Waals surface area (Å²) in [7, 11) is 1.64. The van der Waals surface area contributed by atoms with Gasteiger partial charge in [-0.15, -0.1) is 0 Å². The molecule has 0 bridgehead atoms.